The molecule has 0 aliphatic rings. The molecule has 0 saturated carbocycles. The Kier molecular flexibility index (Phi) is 9.81. The van der Waals surface area contributed by atoms with E-state index in [1.54, 1.807) is 38.6 Å². The number of aromatic nitrogens is 2. The Balaban J connectivity index is 1.64. The van der Waals surface area contributed by atoms with Crippen molar-refractivity contribution in [3.63, 3.8) is 0 Å². The molecule has 0 atom stereocenters. The number of amides is 2. The quantitative estimate of drug-likeness (QED) is 0.116. The second-order valence-electron chi connectivity index (χ2n) is 11.5. The zero-order valence-corrected chi connectivity index (χ0v) is 26.9. The second-order valence-corrected chi connectivity index (χ2v) is 14.7. The molecule has 0 saturated heterocycles. The fourth-order valence-corrected chi connectivity index (χ4v) is 5.64. The molecule has 0 fully saturated rings. The molecule has 0 aliphatic carbocycles. The summed E-state index contributed by atoms with van der Waals surface area (Å²) in [5, 5.41) is 18.4. The lowest BCUT2D eigenvalue weighted by molar-refractivity contribution is 0.262. The first-order valence-electron chi connectivity index (χ1n) is 14.0. The van der Waals surface area contributed by atoms with Gasteiger partial charge in [0, 0.05) is 35.8 Å². The molecule has 0 spiro atoms. The fourth-order valence-electron chi connectivity index (χ4n) is 4.49. The number of ether oxygens (including phenoxy) is 2. The number of nitrogens with one attached hydrogen (secondary N) is 4. The molecule has 4 rings (SSSR count). The van der Waals surface area contributed by atoms with Gasteiger partial charge in [-0.1, -0.05) is 45.0 Å². The van der Waals surface area contributed by atoms with Crippen LogP contribution in [0.2, 0.25) is 0 Å². The van der Waals surface area contributed by atoms with Crippen LogP contribution in [0.15, 0.2) is 65.8 Å². The van der Waals surface area contributed by atoms with Gasteiger partial charge in [-0.2, -0.15) is 4.98 Å². The third kappa shape index (κ3) is 7.67. The number of nitrogens with zero attached hydrogens (tertiary/aromatic N) is 3. The molecule has 4 aromatic rings. The van der Waals surface area contributed by atoms with Crippen LogP contribution in [0.3, 0.4) is 0 Å². The van der Waals surface area contributed by atoms with Crippen molar-refractivity contribution in [2.45, 2.75) is 26.2 Å². The van der Waals surface area contributed by atoms with Crippen LogP contribution in [-0.2, 0) is 9.98 Å². The molecular weight excluding hydrogens is 577 g/mol. The highest BCUT2D eigenvalue weighted by Crippen LogP contribution is 2.43. The SMILES string of the molecule is CNCC(C=N)=Nc1nccc(Oc2ccc(NC(=O)Nc3cc(C(C)(C)C)cc(P(C)(C)=O)c3OC)c3ccccc23)n1. The minimum atomic E-state index is -2.73. The maximum atomic E-state index is 13.4. The van der Waals surface area contributed by atoms with Gasteiger partial charge in [0.1, 0.15) is 12.9 Å². The fraction of sp³-hybridized carbons (Fsp3) is 0.281. The Morgan fingerprint density at radius 3 is 2.39 bits per heavy atom. The third-order valence-corrected chi connectivity index (χ3v) is 8.19. The monoisotopic (exact) mass is 615 g/mol. The first kappa shape index (κ1) is 32.3. The largest absolute Gasteiger partial charge is 0.494 e. The molecule has 44 heavy (non-hydrogen) atoms. The van der Waals surface area contributed by atoms with Crippen LogP contribution < -0.4 is 30.7 Å². The van der Waals surface area contributed by atoms with Crippen molar-refractivity contribution in [3.05, 3.63) is 66.4 Å². The van der Waals surface area contributed by atoms with E-state index in [2.05, 4.69) is 51.7 Å². The van der Waals surface area contributed by atoms with Crippen molar-refractivity contribution in [1.29, 1.82) is 5.41 Å². The molecule has 0 radical (unpaired) electrons. The Morgan fingerprint density at radius 2 is 1.75 bits per heavy atom. The predicted molar refractivity (Wildman–Crippen MR) is 179 cm³/mol. The number of hydrogen-bond donors (Lipinski definition) is 4. The summed E-state index contributed by atoms with van der Waals surface area (Å²) in [4.78, 5) is 26.2. The summed E-state index contributed by atoms with van der Waals surface area (Å²) < 4.78 is 24.9. The van der Waals surface area contributed by atoms with E-state index in [0.717, 1.165) is 22.6 Å². The molecule has 12 heteroatoms. The highest BCUT2D eigenvalue weighted by molar-refractivity contribution is 7.70. The van der Waals surface area contributed by atoms with Gasteiger partial charge in [0.05, 0.1) is 29.5 Å². The zero-order chi connectivity index (χ0) is 32.1. The van der Waals surface area contributed by atoms with Crippen molar-refractivity contribution in [1.82, 2.24) is 15.3 Å². The van der Waals surface area contributed by atoms with Gasteiger partial charge in [-0.15, -0.1) is 0 Å². The first-order valence-corrected chi connectivity index (χ1v) is 16.6. The van der Waals surface area contributed by atoms with E-state index >= 15 is 0 Å². The van der Waals surface area contributed by atoms with Crippen LogP contribution in [-0.4, -0.2) is 62.0 Å². The Labute approximate surface area is 257 Å². The molecule has 1 heterocycles. The van der Waals surface area contributed by atoms with Crippen LogP contribution in [0.5, 0.6) is 17.4 Å². The smallest absolute Gasteiger partial charge is 0.323 e. The van der Waals surface area contributed by atoms with Crippen LogP contribution in [0.25, 0.3) is 10.8 Å². The number of carbonyl (C=O) groups is 1. The zero-order valence-electron chi connectivity index (χ0n) is 26.0. The molecule has 0 bridgehead atoms. The lowest BCUT2D eigenvalue weighted by Gasteiger charge is -2.25. The number of benzene rings is 3. The minimum absolute atomic E-state index is 0.173. The standard InChI is InChI=1S/C32H38N7O4P/c1-32(2,3)20-16-25(29(42-5)27(17-20)44(6,7)41)38-31(40)37-24-12-13-26(23-11-9-8-10-22(23)24)43-28-14-15-35-30(39-28)36-21(18-33)19-34-4/h8-18,33-34H,19H2,1-7H3,(H2,37,38,40). The van der Waals surface area contributed by atoms with Crippen molar-refractivity contribution >= 4 is 58.5 Å². The second kappa shape index (κ2) is 13.4. The van der Waals surface area contributed by atoms with Gasteiger partial charge in [0.15, 0.2) is 5.75 Å². The number of urea groups is 1. The maximum absolute atomic E-state index is 13.4. The van der Waals surface area contributed by atoms with Crippen molar-refractivity contribution < 1.29 is 18.8 Å². The van der Waals surface area contributed by atoms with Crippen LogP contribution >= 0.6 is 7.14 Å². The summed E-state index contributed by atoms with van der Waals surface area (Å²) in [6, 6.07) is 15.9. The highest BCUT2D eigenvalue weighted by Gasteiger charge is 2.26. The average Bonchev–Trinajstić information content (AvgIpc) is 2.97. The molecule has 1 aromatic heterocycles. The maximum Gasteiger partial charge on any atom is 0.323 e. The molecule has 230 valence electrons. The first-order chi connectivity index (χ1) is 20.8. The molecular formula is C32H38N7O4P. The van der Waals surface area contributed by atoms with E-state index in [1.165, 1.54) is 13.3 Å². The van der Waals surface area contributed by atoms with Crippen molar-refractivity contribution in [3.8, 4) is 17.4 Å². The van der Waals surface area contributed by atoms with Gasteiger partial charge < -0.3 is 35.4 Å². The minimum Gasteiger partial charge on any atom is -0.494 e. The van der Waals surface area contributed by atoms with Crippen molar-refractivity contribution in [2.24, 2.45) is 4.99 Å². The number of aliphatic imine (C=N–C) groups is 1. The molecule has 0 unspecified atom stereocenters. The van der Waals surface area contributed by atoms with Gasteiger partial charge in [-0.25, -0.2) is 14.8 Å². The number of carbonyl (C=O) groups excluding carboxylic acids is 1. The topological polar surface area (TPSA) is 151 Å². The third-order valence-electron chi connectivity index (χ3n) is 6.70. The van der Waals surface area contributed by atoms with E-state index in [9.17, 15) is 9.36 Å². The van der Waals surface area contributed by atoms with E-state index in [-0.39, 0.29) is 17.2 Å². The Bertz CT molecular complexity index is 1780. The van der Waals surface area contributed by atoms with Gasteiger partial charge in [0.25, 0.3) is 5.95 Å². The summed E-state index contributed by atoms with van der Waals surface area (Å²) in [5.74, 6) is 1.35. The van der Waals surface area contributed by atoms with Gasteiger partial charge in [-0.05, 0) is 55.6 Å². The molecule has 0 aliphatic heterocycles. The van der Waals surface area contributed by atoms with E-state index < -0.39 is 13.2 Å². The number of rotatable bonds is 10. The van der Waals surface area contributed by atoms with E-state index in [4.69, 9.17) is 14.9 Å². The van der Waals surface area contributed by atoms with Crippen LogP contribution in [0, 0.1) is 5.41 Å². The van der Waals surface area contributed by atoms with Gasteiger partial charge in [0.2, 0.25) is 5.88 Å². The summed E-state index contributed by atoms with van der Waals surface area (Å²) in [6.07, 6.45) is 2.68. The summed E-state index contributed by atoms with van der Waals surface area (Å²) >= 11 is 0. The number of methoxy groups -OCH3 is 1. The number of fused-ring (bicyclic) bond motifs is 1. The van der Waals surface area contributed by atoms with Gasteiger partial charge >= 0.3 is 6.03 Å². The summed E-state index contributed by atoms with van der Waals surface area (Å²) in [6.45, 7) is 9.94. The van der Waals surface area contributed by atoms with E-state index in [0.29, 0.717) is 40.4 Å². The predicted octanol–water partition coefficient (Wildman–Crippen LogP) is 6.56. The molecule has 11 nitrogen and oxygen atoms in total. The lowest BCUT2D eigenvalue weighted by atomic mass is 9.86. The Morgan fingerprint density at radius 1 is 1.05 bits per heavy atom. The van der Waals surface area contributed by atoms with E-state index in [1.807, 2.05) is 36.4 Å². The number of hydrogen-bond acceptors (Lipinski definition) is 9. The van der Waals surface area contributed by atoms with Crippen molar-refractivity contribution in [2.75, 3.05) is 44.7 Å². The average molecular weight is 616 g/mol. The molecule has 2 amide bonds. The normalized spacial score (nSPS) is 12.1. The summed E-state index contributed by atoms with van der Waals surface area (Å²) in [7, 11) is 0.540. The van der Waals surface area contributed by atoms with Gasteiger partial charge in [-0.3, -0.25) is 0 Å². The summed E-state index contributed by atoms with van der Waals surface area (Å²) in [5.41, 5.74) is 2.14. The number of anilines is 2. The molecule has 3 aromatic carbocycles. The lowest BCUT2D eigenvalue weighted by Crippen LogP contribution is -2.23. The molecule has 4 N–H and O–H groups in total. The Hall–Kier alpha value is -4.60. The van der Waals surface area contributed by atoms with Crippen LogP contribution in [0.4, 0.5) is 22.1 Å². The van der Waals surface area contributed by atoms with Crippen LogP contribution in [0.1, 0.15) is 26.3 Å². The highest BCUT2D eigenvalue weighted by atomic mass is 31.2.